The third kappa shape index (κ3) is 3.24. The molecule has 0 radical (unpaired) electrons. The van der Waals surface area contributed by atoms with Gasteiger partial charge in [-0.1, -0.05) is 17.7 Å². The van der Waals surface area contributed by atoms with Crippen molar-refractivity contribution in [3.63, 3.8) is 0 Å². The van der Waals surface area contributed by atoms with Gasteiger partial charge in [-0.15, -0.1) is 0 Å². The summed E-state index contributed by atoms with van der Waals surface area (Å²) >= 11 is 5.95. The SMILES string of the molecule is Cc1c(Cl)cccc1NC(=O)Cn1cc(F)ccc1=O. The number of carbonyl (C=O) groups is 1. The van der Waals surface area contributed by atoms with Crippen LogP contribution in [0.15, 0.2) is 41.3 Å². The molecule has 6 heteroatoms. The van der Waals surface area contributed by atoms with Gasteiger partial charge >= 0.3 is 0 Å². The van der Waals surface area contributed by atoms with Crippen molar-refractivity contribution >= 4 is 23.2 Å². The number of anilines is 1. The van der Waals surface area contributed by atoms with Gasteiger partial charge in [0.25, 0.3) is 5.56 Å². The number of benzene rings is 1. The normalized spacial score (nSPS) is 10.3. The summed E-state index contributed by atoms with van der Waals surface area (Å²) in [5.41, 5.74) is 0.852. The summed E-state index contributed by atoms with van der Waals surface area (Å²) in [6, 6.07) is 7.25. The molecule has 0 aliphatic heterocycles. The highest BCUT2D eigenvalue weighted by atomic mass is 35.5. The molecule has 1 N–H and O–H groups in total. The fourth-order valence-electron chi connectivity index (χ4n) is 1.71. The van der Waals surface area contributed by atoms with Crippen LogP contribution in [0.25, 0.3) is 0 Å². The maximum atomic E-state index is 13.0. The summed E-state index contributed by atoms with van der Waals surface area (Å²) in [4.78, 5) is 23.3. The molecule has 1 amide bonds. The molecule has 2 aromatic rings. The third-order valence-electron chi connectivity index (χ3n) is 2.80. The molecule has 4 nitrogen and oxygen atoms in total. The van der Waals surface area contributed by atoms with Crippen molar-refractivity contribution in [3.05, 3.63) is 63.3 Å². The Morgan fingerprint density at radius 3 is 2.85 bits per heavy atom. The summed E-state index contributed by atoms with van der Waals surface area (Å²) < 4.78 is 14.0. The Morgan fingerprint density at radius 2 is 2.10 bits per heavy atom. The molecule has 0 aliphatic carbocycles. The summed E-state index contributed by atoms with van der Waals surface area (Å²) in [7, 11) is 0. The van der Waals surface area contributed by atoms with E-state index < -0.39 is 17.3 Å². The van der Waals surface area contributed by atoms with Gasteiger partial charge in [-0.05, 0) is 30.7 Å². The van der Waals surface area contributed by atoms with Crippen molar-refractivity contribution in [1.29, 1.82) is 0 Å². The molecular weight excluding hydrogens is 283 g/mol. The van der Waals surface area contributed by atoms with Crippen molar-refractivity contribution in [2.24, 2.45) is 0 Å². The molecule has 0 bridgehead atoms. The van der Waals surface area contributed by atoms with E-state index in [4.69, 9.17) is 11.6 Å². The lowest BCUT2D eigenvalue weighted by atomic mass is 10.2. The average molecular weight is 295 g/mol. The van der Waals surface area contributed by atoms with Crippen molar-refractivity contribution in [1.82, 2.24) is 4.57 Å². The maximum absolute atomic E-state index is 13.0. The Kier molecular flexibility index (Phi) is 4.20. The van der Waals surface area contributed by atoms with Gasteiger partial charge in [0.05, 0.1) is 0 Å². The first-order chi connectivity index (χ1) is 9.47. The summed E-state index contributed by atoms with van der Waals surface area (Å²) in [6.07, 6.45) is 0.993. The van der Waals surface area contributed by atoms with Crippen LogP contribution in [-0.2, 0) is 11.3 Å². The van der Waals surface area contributed by atoms with Gasteiger partial charge in [0, 0.05) is 23.0 Å². The van der Waals surface area contributed by atoms with E-state index in [0.29, 0.717) is 10.7 Å². The van der Waals surface area contributed by atoms with E-state index in [9.17, 15) is 14.0 Å². The minimum absolute atomic E-state index is 0.261. The number of amides is 1. The van der Waals surface area contributed by atoms with Crippen molar-refractivity contribution in [3.8, 4) is 0 Å². The van der Waals surface area contributed by atoms with Gasteiger partial charge in [0.15, 0.2) is 0 Å². The molecule has 0 atom stereocenters. The van der Waals surface area contributed by atoms with E-state index in [0.717, 1.165) is 28.5 Å². The van der Waals surface area contributed by atoms with Crippen LogP contribution in [0.3, 0.4) is 0 Å². The molecule has 0 aliphatic rings. The zero-order chi connectivity index (χ0) is 14.7. The Labute approximate surface area is 119 Å². The molecule has 0 spiro atoms. The van der Waals surface area contributed by atoms with Crippen LogP contribution in [0.2, 0.25) is 5.02 Å². The summed E-state index contributed by atoms with van der Waals surface area (Å²) in [5.74, 6) is -1.00. The van der Waals surface area contributed by atoms with Crippen LogP contribution < -0.4 is 10.9 Å². The van der Waals surface area contributed by atoms with Gasteiger partial charge in [-0.25, -0.2) is 4.39 Å². The van der Waals surface area contributed by atoms with Crippen molar-refractivity contribution in [2.45, 2.75) is 13.5 Å². The van der Waals surface area contributed by atoms with E-state index >= 15 is 0 Å². The Morgan fingerprint density at radius 1 is 1.35 bits per heavy atom. The lowest BCUT2D eigenvalue weighted by Gasteiger charge is -2.10. The summed E-state index contributed by atoms with van der Waals surface area (Å²) in [5, 5.41) is 3.17. The second-order valence-corrected chi connectivity index (χ2v) is 4.68. The standard InChI is InChI=1S/C14H12ClFN2O2/c1-9-11(15)3-2-4-12(9)17-13(19)8-18-7-10(16)5-6-14(18)20/h2-7H,8H2,1H3,(H,17,19). The fraction of sp³-hybridized carbons (Fsp3) is 0.143. The number of pyridine rings is 1. The topological polar surface area (TPSA) is 51.1 Å². The number of carbonyl (C=O) groups excluding carboxylic acids is 1. The molecular formula is C14H12ClFN2O2. The van der Waals surface area contributed by atoms with Crippen LogP contribution in [-0.4, -0.2) is 10.5 Å². The number of nitrogens with zero attached hydrogens (tertiary/aromatic N) is 1. The molecule has 1 heterocycles. The predicted molar refractivity (Wildman–Crippen MR) is 75.5 cm³/mol. The van der Waals surface area contributed by atoms with Crippen LogP contribution >= 0.6 is 11.6 Å². The molecule has 0 fully saturated rings. The zero-order valence-electron chi connectivity index (χ0n) is 10.7. The second-order valence-electron chi connectivity index (χ2n) is 4.27. The minimum atomic E-state index is -0.573. The highest BCUT2D eigenvalue weighted by Gasteiger charge is 2.08. The van der Waals surface area contributed by atoms with Crippen LogP contribution in [0.4, 0.5) is 10.1 Å². The highest BCUT2D eigenvalue weighted by molar-refractivity contribution is 6.31. The monoisotopic (exact) mass is 294 g/mol. The Hall–Kier alpha value is -2.14. The number of halogens is 2. The fourth-order valence-corrected chi connectivity index (χ4v) is 1.89. The van der Waals surface area contributed by atoms with E-state index in [1.807, 2.05) is 0 Å². The number of nitrogens with one attached hydrogen (secondary N) is 1. The molecule has 104 valence electrons. The number of aromatic nitrogens is 1. The molecule has 1 aromatic carbocycles. The average Bonchev–Trinajstić information content (AvgIpc) is 2.39. The van der Waals surface area contributed by atoms with Gasteiger partial charge in [0.1, 0.15) is 12.4 Å². The number of rotatable bonds is 3. The van der Waals surface area contributed by atoms with Crippen LogP contribution in [0.5, 0.6) is 0 Å². The van der Waals surface area contributed by atoms with Gasteiger partial charge in [0.2, 0.25) is 5.91 Å². The molecule has 1 aromatic heterocycles. The third-order valence-corrected chi connectivity index (χ3v) is 3.21. The molecule has 0 unspecified atom stereocenters. The lowest BCUT2D eigenvalue weighted by Crippen LogP contribution is -2.27. The van der Waals surface area contributed by atoms with Gasteiger partial charge in [-0.3, -0.25) is 9.59 Å². The second kappa shape index (κ2) is 5.88. The van der Waals surface area contributed by atoms with Crippen LogP contribution in [0.1, 0.15) is 5.56 Å². The quantitative estimate of drug-likeness (QED) is 0.946. The largest absolute Gasteiger partial charge is 0.324 e. The number of hydrogen-bond acceptors (Lipinski definition) is 2. The van der Waals surface area contributed by atoms with E-state index in [1.54, 1.807) is 25.1 Å². The zero-order valence-corrected chi connectivity index (χ0v) is 11.4. The van der Waals surface area contributed by atoms with E-state index in [-0.39, 0.29) is 6.54 Å². The molecule has 0 saturated heterocycles. The first kappa shape index (κ1) is 14.3. The Bertz CT molecular complexity index is 713. The smallest absolute Gasteiger partial charge is 0.251 e. The van der Waals surface area contributed by atoms with Crippen molar-refractivity contribution in [2.75, 3.05) is 5.32 Å². The molecule has 20 heavy (non-hydrogen) atoms. The lowest BCUT2D eigenvalue weighted by molar-refractivity contribution is -0.116. The maximum Gasteiger partial charge on any atom is 0.251 e. The van der Waals surface area contributed by atoms with E-state index in [1.165, 1.54) is 0 Å². The number of hydrogen-bond donors (Lipinski definition) is 1. The summed E-state index contributed by atoms with van der Waals surface area (Å²) in [6.45, 7) is 1.51. The first-order valence-electron chi connectivity index (χ1n) is 5.88. The van der Waals surface area contributed by atoms with E-state index in [2.05, 4.69) is 5.32 Å². The van der Waals surface area contributed by atoms with Crippen molar-refractivity contribution < 1.29 is 9.18 Å². The minimum Gasteiger partial charge on any atom is -0.324 e. The van der Waals surface area contributed by atoms with Gasteiger partial charge in [-0.2, -0.15) is 0 Å². The van der Waals surface area contributed by atoms with Gasteiger partial charge < -0.3 is 9.88 Å². The molecule has 0 saturated carbocycles. The Balaban J connectivity index is 2.15. The van der Waals surface area contributed by atoms with Crippen LogP contribution in [0, 0.1) is 12.7 Å². The highest BCUT2D eigenvalue weighted by Crippen LogP contribution is 2.22. The first-order valence-corrected chi connectivity index (χ1v) is 6.26. The molecule has 2 rings (SSSR count). The predicted octanol–water partition coefficient (Wildman–Crippen LogP) is 2.59.